The highest BCUT2D eigenvalue weighted by Crippen LogP contribution is 2.24. The second-order valence-electron chi connectivity index (χ2n) is 4.32. The summed E-state index contributed by atoms with van der Waals surface area (Å²) in [5, 5.41) is 5.08. The number of hydrogen-bond acceptors (Lipinski definition) is 3. The SMILES string of the molecule is O=C(Nc1cccc2cnccc12)c1nc(Cl)ccc1Cl. The Bertz CT molecular complexity index is 831. The molecule has 0 unspecified atom stereocenters. The number of anilines is 1. The summed E-state index contributed by atoms with van der Waals surface area (Å²) in [5.74, 6) is -0.410. The zero-order valence-corrected chi connectivity index (χ0v) is 12.2. The van der Waals surface area contributed by atoms with Crippen molar-refractivity contribution in [3.8, 4) is 0 Å². The van der Waals surface area contributed by atoms with Crippen LogP contribution in [0.15, 0.2) is 48.8 Å². The van der Waals surface area contributed by atoms with Crippen LogP contribution in [-0.4, -0.2) is 15.9 Å². The van der Waals surface area contributed by atoms with E-state index in [9.17, 15) is 4.79 Å². The van der Waals surface area contributed by atoms with E-state index in [1.54, 1.807) is 24.5 Å². The van der Waals surface area contributed by atoms with Crippen LogP contribution in [0.25, 0.3) is 10.8 Å². The highest BCUT2D eigenvalue weighted by Gasteiger charge is 2.14. The number of carbonyl (C=O) groups is 1. The van der Waals surface area contributed by atoms with E-state index < -0.39 is 5.91 Å². The molecule has 0 aliphatic carbocycles. The largest absolute Gasteiger partial charge is 0.320 e. The molecule has 21 heavy (non-hydrogen) atoms. The molecule has 0 radical (unpaired) electrons. The van der Waals surface area contributed by atoms with Gasteiger partial charge in [0.25, 0.3) is 5.91 Å². The second-order valence-corrected chi connectivity index (χ2v) is 5.12. The Hall–Kier alpha value is -2.17. The van der Waals surface area contributed by atoms with Crippen molar-refractivity contribution in [1.29, 1.82) is 0 Å². The van der Waals surface area contributed by atoms with Gasteiger partial charge in [0.1, 0.15) is 10.8 Å². The number of rotatable bonds is 2. The van der Waals surface area contributed by atoms with Gasteiger partial charge < -0.3 is 5.32 Å². The first kappa shape index (κ1) is 13.8. The number of pyridine rings is 2. The molecule has 0 fully saturated rings. The van der Waals surface area contributed by atoms with E-state index in [1.165, 1.54) is 6.07 Å². The fourth-order valence-corrected chi connectivity index (χ4v) is 2.33. The first-order valence-corrected chi connectivity index (χ1v) is 6.87. The third-order valence-corrected chi connectivity index (χ3v) is 3.47. The summed E-state index contributed by atoms with van der Waals surface area (Å²) in [6.07, 6.45) is 3.40. The molecule has 0 bridgehead atoms. The molecule has 4 nitrogen and oxygen atoms in total. The lowest BCUT2D eigenvalue weighted by molar-refractivity contribution is 0.102. The average molecular weight is 318 g/mol. The van der Waals surface area contributed by atoms with Crippen molar-refractivity contribution < 1.29 is 4.79 Å². The quantitative estimate of drug-likeness (QED) is 0.721. The zero-order chi connectivity index (χ0) is 14.8. The van der Waals surface area contributed by atoms with Crippen molar-refractivity contribution in [2.75, 3.05) is 5.32 Å². The van der Waals surface area contributed by atoms with Crippen LogP contribution in [0, 0.1) is 0 Å². The fourth-order valence-electron chi connectivity index (χ4n) is 1.99. The molecule has 3 rings (SSSR count). The predicted molar refractivity (Wildman–Crippen MR) is 84.0 cm³/mol. The summed E-state index contributed by atoms with van der Waals surface area (Å²) in [4.78, 5) is 20.3. The molecule has 6 heteroatoms. The number of hydrogen-bond donors (Lipinski definition) is 1. The minimum atomic E-state index is -0.410. The average Bonchev–Trinajstić information content (AvgIpc) is 2.50. The molecule has 1 amide bonds. The van der Waals surface area contributed by atoms with Crippen molar-refractivity contribution in [3.05, 3.63) is 64.7 Å². The molecule has 0 aliphatic rings. The van der Waals surface area contributed by atoms with Crippen molar-refractivity contribution in [2.45, 2.75) is 0 Å². The van der Waals surface area contributed by atoms with Crippen molar-refractivity contribution in [2.24, 2.45) is 0 Å². The Balaban J connectivity index is 1.99. The van der Waals surface area contributed by atoms with Crippen molar-refractivity contribution >= 4 is 45.6 Å². The van der Waals surface area contributed by atoms with Gasteiger partial charge in [-0.1, -0.05) is 35.3 Å². The maximum absolute atomic E-state index is 12.3. The number of nitrogens with zero attached hydrogens (tertiary/aromatic N) is 2. The number of nitrogens with one attached hydrogen (secondary N) is 1. The minimum Gasteiger partial charge on any atom is -0.320 e. The van der Waals surface area contributed by atoms with Gasteiger partial charge >= 0.3 is 0 Å². The molecule has 2 aromatic heterocycles. The molecule has 1 aromatic carbocycles. The van der Waals surface area contributed by atoms with Gasteiger partial charge in [0.2, 0.25) is 0 Å². The number of carbonyl (C=O) groups excluding carboxylic acids is 1. The number of halogens is 2. The Morgan fingerprint density at radius 3 is 2.81 bits per heavy atom. The molecule has 1 N–H and O–H groups in total. The van der Waals surface area contributed by atoms with Crippen LogP contribution in [0.1, 0.15) is 10.5 Å². The highest BCUT2D eigenvalue weighted by atomic mass is 35.5. The van der Waals surface area contributed by atoms with E-state index in [2.05, 4.69) is 15.3 Å². The monoisotopic (exact) mass is 317 g/mol. The van der Waals surface area contributed by atoms with E-state index in [1.807, 2.05) is 18.2 Å². The van der Waals surface area contributed by atoms with E-state index in [0.29, 0.717) is 5.69 Å². The van der Waals surface area contributed by atoms with Crippen LogP contribution >= 0.6 is 23.2 Å². The minimum absolute atomic E-state index is 0.0928. The van der Waals surface area contributed by atoms with Gasteiger partial charge in [0.15, 0.2) is 0 Å². The van der Waals surface area contributed by atoms with Crippen LogP contribution in [0.3, 0.4) is 0 Å². The summed E-state index contributed by atoms with van der Waals surface area (Å²) < 4.78 is 0. The standard InChI is InChI=1S/C15H9Cl2N3O/c16-11-4-5-13(17)20-14(11)15(21)19-12-3-1-2-9-8-18-7-6-10(9)12/h1-8H,(H,19,21). The topological polar surface area (TPSA) is 54.9 Å². The summed E-state index contributed by atoms with van der Waals surface area (Å²) in [5.41, 5.74) is 0.757. The van der Waals surface area contributed by atoms with Crippen LogP contribution < -0.4 is 5.32 Å². The summed E-state index contributed by atoms with van der Waals surface area (Å²) >= 11 is 11.8. The molecule has 2 heterocycles. The molecule has 3 aromatic rings. The van der Waals surface area contributed by atoms with Crippen molar-refractivity contribution in [3.63, 3.8) is 0 Å². The van der Waals surface area contributed by atoms with Crippen LogP contribution in [-0.2, 0) is 0 Å². The normalized spacial score (nSPS) is 10.6. The number of fused-ring (bicyclic) bond motifs is 1. The highest BCUT2D eigenvalue weighted by molar-refractivity contribution is 6.35. The smallest absolute Gasteiger partial charge is 0.275 e. The van der Waals surface area contributed by atoms with Gasteiger partial charge in [-0.2, -0.15) is 0 Å². The molecule has 0 aliphatic heterocycles. The number of benzene rings is 1. The van der Waals surface area contributed by atoms with Gasteiger partial charge in [0.05, 0.1) is 5.02 Å². The van der Waals surface area contributed by atoms with Crippen molar-refractivity contribution in [1.82, 2.24) is 9.97 Å². The van der Waals surface area contributed by atoms with E-state index in [-0.39, 0.29) is 15.9 Å². The Labute approximate surface area is 130 Å². The lowest BCUT2D eigenvalue weighted by Gasteiger charge is -2.09. The summed E-state index contributed by atoms with van der Waals surface area (Å²) in [6, 6.07) is 10.5. The molecule has 104 valence electrons. The van der Waals surface area contributed by atoms with E-state index in [0.717, 1.165) is 10.8 Å². The summed E-state index contributed by atoms with van der Waals surface area (Å²) in [6.45, 7) is 0. The molecule has 0 saturated carbocycles. The van der Waals surface area contributed by atoms with Gasteiger partial charge in [-0.25, -0.2) is 4.98 Å². The van der Waals surface area contributed by atoms with E-state index >= 15 is 0 Å². The van der Waals surface area contributed by atoms with Gasteiger partial charge in [-0.3, -0.25) is 9.78 Å². The first-order valence-electron chi connectivity index (χ1n) is 6.11. The molecular weight excluding hydrogens is 309 g/mol. The zero-order valence-electron chi connectivity index (χ0n) is 10.7. The number of amides is 1. The Morgan fingerprint density at radius 2 is 1.95 bits per heavy atom. The third-order valence-electron chi connectivity index (χ3n) is 2.96. The third kappa shape index (κ3) is 2.82. The maximum Gasteiger partial charge on any atom is 0.275 e. The lowest BCUT2D eigenvalue weighted by atomic mass is 10.1. The van der Waals surface area contributed by atoms with Crippen LogP contribution in [0.2, 0.25) is 10.2 Å². The van der Waals surface area contributed by atoms with Gasteiger partial charge in [-0.05, 0) is 24.3 Å². The number of aromatic nitrogens is 2. The molecule has 0 saturated heterocycles. The molecule has 0 atom stereocenters. The lowest BCUT2D eigenvalue weighted by Crippen LogP contribution is -2.14. The van der Waals surface area contributed by atoms with Crippen LogP contribution in [0.4, 0.5) is 5.69 Å². The Kier molecular flexibility index (Phi) is 3.73. The van der Waals surface area contributed by atoms with Crippen LogP contribution in [0.5, 0.6) is 0 Å². The molecular formula is C15H9Cl2N3O. The van der Waals surface area contributed by atoms with E-state index in [4.69, 9.17) is 23.2 Å². The summed E-state index contributed by atoms with van der Waals surface area (Å²) in [7, 11) is 0. The first-order chi connectivity index (χ1) is 10.1. The predicted octanol–water partition coefficient (Wildman–Crippen LogP) is 4.19. The van der Waals surface area contributed by atoms with Gasteiger partial charge in [-0.15, -0.1) is 0 Å². The molecule has 0 spiro atoms. The maximum atomic E-state index is 12.3. The fraction of sp³-hybridized carbons (Fsp3) is 0. The van der Waals surface area contributed by atoms with Gasteiger partial charge in [0, 0.05) is 28.9 Å². The Morgan fingerprint density at radius 1 is 1.10 bits per heavy atom. The second kappa shape index (κ2) is 5.68.